The highest BCUT2D eigenvalue weighted by Gasteiger charge is 2.40. The highest BCUT2D eigenvalue weighted by atomic mass is 32.2. The Morgan fingerprint density at radius 1 is 0.237 bits per heavy atom. The zero-order valence-corrected chi connectivity index (χ0v) is 72.3. The first-order chi connectivity index (χ1) is 55.2. The summed E-state index contributed by atoms with van der Waals surface area (Å²) in [6, 6.07) is 24.9. The van der Waals surface area contributed by atoms with Crippen molar-refractivity contribution in [3.05, 3.63) is 233 Å². The van der Waals surface area contributed by atoms with Gasteiger partial charge >= 0.3 is 0 Å². The lowest BCUT2D eigenvalue weighted by Crippen LogP contribution is -2.27. The minimum Gasteiger partial charge on any atom is -0.287 e. The molecule has 0 radical (unpaired) electrons. The zero-order valence-electron chi connectivity index (χ0n) is 65.7. The molecule has 4 aromatic heterocycles. The van der Waals surface area contributed by atoms with Crippen molar-refractivity contribution in [3.8, 4) is 0 Å². The molecule has 0 saturated heterocycles. The Balaban J connectivity index is 0.000000180. The summed E-state index contributed by atoms with van der Waals surface area (Å²) in [6.07, 6.45) is 7.35. The summed E-state index contributed by atoms with van der Waals surface area (Å²) in [5.41, 5.74) is -0.779. The first-order valence-electron chi connectivity index (χ1n) is 37.2. The van der Waals surface area contributed by atoms with E-state index in [4.69, 9.17) is 0 Å². The summed E-state index contributed by atoms with van der Waals surface area (Å²) in [5, 5.41) is 0. The molecule has 4 heterocycles. The van der Waals surface area contributed by atoms with E-state index < -0.39 is 165 Å². The van der Waals surface area contributed by atoms with Gasteiger partial charge in [0, 0.05) is 68.5 Å². The van der Waals surface area contributed by atoms with Crippen molar-refractivity contribution in [3.63, 3.8) is 0 Å². The molecule has 0 amide bonds. The zero-order chi connectivity index (χ0) is 87.0. The van der Waals surface area contributed by atoms with E-state index in [-0.39, 0.29) is 176 Å². The predicted molar refractivity (Wildman–Crippen MR) is 441 cm³/mol. The molecule has 0 N–H and O–H groups in total. The SMILES string of the molecule is C=S(C)(=O)Cc1nc2c(nc1CS(C)(=O)=O)C(=O)c1ccccc1C2=O.CCCCCS(=O)(=O)Cc1nc2c(nc1CS(=O)(=O)CCCCC)C(=O)c1ccccc1C2=O.CCCS(=O)(=O)Cc1nc2c(nc1CS(=O)(=O)CCC)C(=O)c1ccccc1C2=O.CCS(=O)(=O)Cc1nc2c(nc1CS(=O)(=O)CC)C(=O)c1ccccc1C2=O. The molecule has 4 aromatic carbocycles. The summed E-state index contributed by atoms with van der Waals surface area (Å²) < 4.78 is 184. The van der Waals surface area contributed by atoms with Gasteiger partial charge in [-0.3, -0.25) is 42.6 Å². The van der Waals surface area contributed by atoms with Gasteiger partial charge in [0.1, 0.15) is 45.6 Å². The van der Waals surface area contributed by atoms with E-state index in [2.05, 4.69) is 45.7 Å². The van der Waals surface area contributed by atoms with E-state index in [9.17, 15) is 101 Å². The molecule has 1 atom stereocenters. The molecule has 118 heavy (non-hydrogen) atoms. The number of ketones is 8. The van der Waals surface area contributed by atoms with Gasteiger partial charge in [-0.15, -0.1) is 0 Å². The van der Waals surface area contributed by atoms with Crippen LogP contribution in [0.4, 0.5) is 0 Å². The fourth-order valence-corrected chi connectivity index (χ4v) is 21.7. The van der Waals surface area contributed by atoms with Crippen LogP contribution in [-0.4, -0.2) is 202 Å². The van der Waals surface area contributed by atoms with E-state index in [0.717, 1.165) is 31.9 Å². The Hall–Kier alpha value is -9.77. The monoisotopic (exact) mass is 1770 g/mol. The average molecular weight is 1770 g/mol. The number of carbonyl (C=O) groups excluding carboxylic acids is 8. The normalized spacial score (nSPS) is 14.2. The van der Waals surface area contributed by atoms with Crippen molar-refractivity contribution in [1.82, 2.24) is 39.9 Å². The number of rotatable bonds is 30. The second-order valence-electron chi connectivity index (χ2n) is 28.6. The van der Waals surface area contributed by atoms with Crippen LogP contribution in [0.2, 0.25) is 0 Å². The highest BCUT2D eigenvalue weighted by Crippen LogP contribution is 2.33. The van der Waals surface area contributed by atoms with E-state index in [1.165, 1.54) is 68.6 Å². The lowest BCUT2D eigenvalue weighted by Gasteiger charge is -2.19. The van der Waals surface area contributed by atoms with Gasteiger partial charge in [0.05, 0.1) is 115 Å². The average Bonchev–Trinajstić information content (AvgIpc) is 0.766. The third kappa shape index (κ3) is 22.6. The quantitative estimate of drug-likeness (QED) is 0.0319. The Labute approximate surface area is 685 Å². The van der Waals surface area contributed by atoms with Crippen LogP contribution in [0.3, 0.4) is 0 Å². The number of sulfone groups is 7. The molecule has 0 fully saturated rings. The molecule has 31 nitrogen and oxygen atoms in total. The molecule has 0 spiro atoms. The third-order valence-corrected chi connectivity index (χ3v) is 30.2. The van der Waals surface area contributed by atoms with Crippen LogP contribution in [0.1, 0.15) is 267 Å². The number of unbranched alkanes of at least 4 members (excludes halogenated alkanes) is 4. The molecule has 12 rings (SSSR count). The summed E-state index contributed by atoms with van der Waals surface area (Å²) in [5.74, 6) is -5.21. The van der Waals surface area contributed by atoms with Gasteiger partial charge in [0.25, 0.3) is 0 Å². The molecule has 4 aliphatic rings. The van der Waals surface area contributed by atoms with E-state index >= 15 is 0 Å². The van der Waals surface area contributed by atoms with Crippen molar-refractivity contribution in [2.75, 3.05) is 47.0 Å². The molecule has 0 saturated carbocycles. The Morgan fingerprint density at radius 2 is 0.415 bits per heavy atom. The Bertz CT molecular complexity index is 6070. The first-order valence-corrected chi connectivity index (χ1v) is 52.5. The van der Waals surface area contributed by atoms with Crippen molar-refractivity contribution >= 4 is 131 Å². The molecular formula is C79H86N8O23S8. The molecule has 0 bridgehead atoms. The number of nitrogens with zero attached hydrogens (tertiary/aromatic N) is 8. The standard InChI is InChI=1S/C24H30N2O6S2.C20H22N2O6S2.C18H18N2O6S2.C17H16N2O5S2/c1-3-5-9-13-33(29,30)15-19-20(16-34(31,32)14-10-6-4-2)26-22-21(25-19)23(27)17-11-7-8-12-18(17)24(22)28;1-3-9-29(25,26)11-15-16(12-30(27,28)10-4-2)22-18-17(21-15)19(23)13-7-5-6-8-14(13)20(18)24;1-3-27(23,24)9-13-14(10-28(25,26)4-2)20-16-15(19-13)17(21)11-7-5-6-8-12(11)18(16)22;1-25(2,22)8-12-13(9-26(3,23)24)19-15-14(18-12)16(20)10-6-4-5-7-11(10)17(15)21/h7-8,11-12H,3-6,9-10,13-16H2,1-2H3;5-8H,3-4,9-12H2,1-2H3;5-8H,3-4,9-10H2,1-2H3;4-7H,1,8-9H2,2-3H3. The molecule has 1 unspecified atom stereocenters. The van der Waals surface area contributed by atoms with Crippen LogP contribution in [-0.2, 0) is 124 Å². The molecule has 4 aliphatic carbocycles. The number of hydrogen-bond donors (Lipinski definition) is 0. The van der Waals surface area contributed by atoms with Gasteiger partial charge in [-0.05, 0) is 41.1 Å². The lowest BCUT2D eigenvalue weighted by atomic mass is 9.89. The Morgan fingerprint density at radius 3 is 0.585 bits per heavy atom. The van der Waals surface area contributed by atoms with Gasteiger partial charge in [-0.25, -0.2) is 98.8 Å². The number of carbonyl (C=O) groups is 8. The third-order valence-electron chi connectivity index (χ3n) is 18.6. The van der Waals surface area contributed by atoms with Gasteiger partial charge in [0.2, 0.25) is 46.3 Å². The van der Waals surface area contributed by atoms with Crippen LogP contribution >= 0.6 is 0 Å². The Kier molecular flexibility index (Phi) is 29.1. The smallest absolute Gasteiger partial charge is 0.214 e. The molecule has 8 aromatic rings. The van der Waals surface area contributed by atoms with Crippen LogP contribution in [0.15, 0.2) is 97.1 Å². The molecular weight excluding hydrogens is 1690 g/mol. The van der Waals surface area contributed by atoms with Crippen LogP contribution in [0.25, 0.3) is 0 Å². The maximum Gasteiger partial charge on any atom is 0.214 e. The molecule has 628 valence electrons. The topological polar surface area (TPSA) is 496 Å². The van der Waals surface area contributed by atoms with E-state index in [1.807, 2.05) is 13.8 Å². The van der Waals surface area contributed by atoms with E-state index in [1.54, 1.807) is 62.4 Å². The van der Waals surface area contributed by atoms with Crippen molar-refractivity contribution in [2.45, 2.75) is 139 Å². The number of benzene rings is 4. The van der Waals surface area contributed by atoms with Gasteiger partial charge in [-0.2, -0.15) is 0 Å². The predicted octanol–water partition coefficient (Wildman–Crippen LogP) is 7.13. The fraction of sp³-hybridized carbons (Fsp3) is 0.380. The maximum absolute atomic E-state index is 13.0. The number of hydrogen-bond acceptors (Lipinski definition) is 31. The fourth-order valence-electron chi connectivity index (χ4n) is 12.8. The largest absolute Gasteiger partial charge is 0.287 e. The van der Waals surface area contributed by atoms with Crippen molar-refractivity contribution in [2.24, 2.45) is 0 Å². The summed E-state index contributed by atoms with van der Waals surface area (Å²) in [7, 11) is -27.6. The number of aromatic nitrogens is 8. The second kappa shape index (κ2) is 37.3. The molecule has 39 heteroatoms. The lowest BCUT2D eigenvalue weighted by molar-refractivity contribution is 0.0971. The van der Waals surface area contributed by atoms with Crippen molar-refractivity contribution < 1.29 is 101 Å². The van der Waals surface area contributed by atoms with E-state index in [0.29, 0.717) is 25.7 Å². The van der Waals surface area contributed by atoms with Gasteiger partial charge in [0.15, 0.2) is 68.9 Å². The number of fused-ring (bicyclic) bond motifs is 8. The second-order valence-corrected chi connectivity index (χ2v) is 46.8. The summed E-state index contributed by atoms with van der Waals surface area (Å²) >= 11 is 0. The van der Waals surface area contributed by atoms with Crippen molar-refractivity contribution in [1.29, 1.82) is 0 Å². The maximum atomic E-state index is 13.0. The van der Waals surface area contributed by atoms with Gasteiger partial charge in [-0.1, -0.05) is 164 Å². The van der Waals surface area contributed by atoms with Gasteiger partial charge < -0.3 is 0 Å². The van der Waals surface area contributed by atoms with Crippen LogP contribution in [0, 0.1) is 0 Å². The minimum absolute atomic E-state index is 0.0185. The summed E-state index contributed by atoms with van der Waals surface area (Å²) in [4.78, 5) is 136. The highest BCUT2D eigenvalue weighted by molar-refractivity contribution is 7.99. The minimum atomic E-state index is -3.62. The summed E-state index contributed by atoms with van der Waals surface area (Å²) in [6.45, 7) is 10.2. The first kappa shape index (κ1) is 92.1. The van der Waals surface area contributed by atoms with Crippen LogP contribution in [0.5, 0.6) is 0 Å². The molecule has 0 aliphatic heterocycles. The van der Waals surface area contributed by atoms with Crippen LogP contribution < -0.4 is 0 Å².